The van der Waals surface area contributed by atoms with Gasteiger partial charge in [0.05, 0.1) is 11.3 Å². The first-order valence-corrected chi connectivity index (χ1v) is 11.2. The summed E-state index contributed by atoms with van der Waals surface area (Å²) in [5, 5.41) is 9.12. The number of rotatable bonds is 3. The molecule has 1 saturated carbocycles. The molecule has 160 valence electrons. The molecule has 1 aliphatic heterocycles. The van der Waals surface area contributed by atoms with E-state index in [0.717, 1.165) is 61.4 Å². The van der Waals surface area contributed by atoms with Crippen LogP contribution in [0.1, 0.15) is 56.6 Å². The zero-order valence-electron chi connectivity index (χ0n) is 17.6. The highest BCUT2D eigenvalue weighted by Gasteiger charge is 2.27. The van der Waals surface area contributed by atoms with Crippen molar-refractivity contribution < 1.29 is 4.39 Å². The number of aromatic nitrogens is 3. The van der Waals surface area contributed by atoms with E-state index in [0.29, 0.717) is 11.6 Å². The van der Waals surface area contributed by atoms with Crippen LogP contribution in [0, 0.1) is 17.1 Å². The van der Waals surface area contributed by atoms with Crippen molar-refractivity contribution in [2.75, 3.05) is 18.0 Å². The molecule has 7 heteroatoms. The van der Waals surface area contributed by atoms with Gasteiger partial charge in [0.25, 0.3) is 0 Å². The summed E-state index contributed by atoms with van der Waals surface area (Å²) in [5.74, 6) is 0.212. The van der Waals surface area contributed by atoms with Crippen molar-refractivity contribution in [2.45, 2.75) is 57.0 Å². The Kier molecular flexibility index (Phi) is 5.33. The molecule has 2 aromatic heterocycles. The molecule has 0 radical (unpaired) electrons. The minimum absolute atomic E-state index is 0.0465. The first-order valence-electron chi connectivity index (χ1n) is 11.2. The molecule has 1 aromatic carbocycles. The number of pyridine rings is 1. The minimum atomic E-state index is -0.516. The SMILES string of the molecule is N#Cc1ccc(-c2nc3c(N4CCCC(N)C4)ccnc3n2C2CCCCC2)cc1F. The molecule has 5 rings (SSSR count). The van der Waals surface area contributed by atoms with Crippen molar-refractivity contribution in [3.63, 3.8) is 0 Å². The van der Waals surface area contributed by atoms with E-state index in [9.17, 15) is 4.39 Å². The fraction of sp³-hybridized carbons (Fsp3) is 0.458. The number of nitrogens with zero attached hydrogens (tertiary/aromatic N) is 5. The number of anilines is 1. The Labute approximate surface area is 181 Å². The first kappa shape index (κ1) is 20.0. The zero-order valence-corrected chi connectivity index (χ0v) is 17.6. The van der Waals surface area contributed by atoms with Crippen LogP contribution in [-0.4, -0.2) is 33.7 Å². The van der Waals surface area contributed by atoms with Crippen LogP contribution in [0.15, 0.2) is 30.5 Å². The fourth-order valence-electron chi connectivity index (χ4n) is 5.09. The number of benzene rings is 1. The molecule has 0 amide bonds. The van der Waals surface area contributed by atoms with Gasteiger partial charge in [-0.3, -0.25) is 0 Å². The van der Waals surface area contributed by atoms with Gasteiger partial charge in [-0.25, -0.2) is 14.4 Å². The van der Waals surface area contributed by atoms with E-state index in [1.54, 1.807) is 6.07 Å². The monoisotopic (exact) mass is 418 g/mol. The molecular formula is C24H27FN6. The van der Waals surface area contributed by atoms with Crippen LogP contribution in [0.25, 0.3) is 22.6 Å². The highest BCUT2D eigenvalue weighted by Crippen LogP contribution is 2.38. The second kappa shape index (κ2) is 8.27. The van der Waals surface area contributed by atoms with Gasteiger partial charge >= 0.3 is 0 Å². The average molecular weight is 419 g/mol. The summed E-state index contributed by atoms with van der Waals surface area (Å²) in [5.41, 5.74) is 9.72. The van der Waals surface area contributed by atoms with E-state index in [2.05, 4.69) is 9.47 Å². The van der Waals surface area contributed by atoms with Crippen LogP contribution in [-0.2, 0) is 0 Å². The van der Waals surface area contributed by atoms with Gasteiger partial charge in [-0.2, -0.15) is 5.26 Å². The van der Waals surface area contributed by atoms with Crippen LogP contribution in [0.4, 0.5) is 10.1 Å². The second-order valence-corrected chi connectivity index (χ2v) is 8.75. The largest absolute Gasteiger partial charge is 0.368 e. The van der Waals surface area contributed by atoms with E-state index in [1.165, 1.54) is 31.4 Å². The van der Waals surface area contributed by atoms with Crippen molar-refractivity contribution >= 4 is 16.9 Å². The third kappa shape index (κ3) is 3.66. The predicted molar refractivity (Wildman–Crippen MR) is 119 cm³/mol. The molecule has 1 aliphatic carbocycles. The smallest absolute Gasteiger partial charge is 0.162 e. The third-order valence-corrected chi connectivity index (χ3v) is 6.64. The average Bonchev–Trinajstić information content (AvgIpc) is 3.19. The van der Waals surface area contributed by atoms with Gasteiger partial charge in [0.2, 0.25) is 0 Å². The molecule has 31 heavy (non-hydrogen) atoms. The quantitative estimate of drug-likeness (QED) is 0.675. The first-order chi connectivity index (χ1) is 15.2. The van der Waals surface area contributed by atoms with Gasteiger partial charge in [0.15, 0.2) is 5.65 Å². The Balaban J connectivity index is 1.69. The maximum absolute atomic E-state index is 14.5. The summed E-state index contributed by atoms with van der Waals surface area (Å²) in [4.78, 5) is 12.1. The molecule has 2 N–H and O–H groups in total. The molecule has 6 nitrogen and oxygen atoms in total. The van der Waals surface area contributed by atoms with Crippen molar-refractivity contribution in [2.24, 2.45) is 5.73 Å². The molecule has 2 fully saturated rings. The molecule has 1 unspecified atom stereocenters. The van der Waals surface area contributed by atoms with E-state index < -0.39 is 5.82 Å². The lowest BCUT2D eigenvalue weighted by Gasteiger charge is -2.32. The summed E-state index contributed by atoms with van der Waals surface area (Å²) in [6.07, 6.45) is 9.67. The number of nitriles is 1. The predicted octanol–water partition coefficient (Wildman–Crippen LogP) is 4.54. The summed E-state index contributed by atoms with van der Waals surface area (Å²) in [6, 6.07) is 9.12. The van der Waals surface area contributed by atoms with E-state index in [1.807, 2.05) is 18.3 Å². The van der Waals surface area contributed by atoms with Gasteiger partial charge < -0.3 is 15.2 Å². The van der Waals surface area contributed by atoms with E-state index in [4.69, 9.17) is 21.0 Å². The van der Waals surface area contributed by atoms with Crippen molar-refractivity contribution in [3.8, 4) is 17.5 Å². The van der Waals surface area contributed by atoms with Crippen LogP contribution in [0.2, 0.25) is 0 Å². The molecule has 3 aromatic rings. The van der Waals surface area contributed by atoms with Crippen molar-refractivity contribution in [1.82, 2.24) is 14.5 Å². The number of piperidine rings is 1. The summed E-state index contributed by atoms with van der Waals surface area (Å²) in [7, 11) is 0. The van der Waals surface area contributed by atoms with Crippen LogP contribution >= 0.6 is 0 Å². The molecule has 3 heterocycles. The Morgan fingerprint density at radius 3 is 2.68 bits per heavy atom. The third-order valence-electron chi connectivity index (χ3n) is 6.64. The molecule has 1 atom stereocenters. The summed E-state index contributed by atoms with van der Waals surface area (Å²) >= 11 is 0. The molecule has 0 spiro atoms. The normalized spacial score (nSPS) is 20.2. The lowest BCUT2D eigenvalue weighted by Crippen LogP contribution is -2.42. The van der Waals surface area contributed by atoms with Gasteiger partial charge in [0, 0.05) is 36.9 Å². The number of nitrogens with two attached hydrogens (primary N) is 1. The second-order valence-electron chi connectivity index (χ2n) is 8.75. The van der Waals surface area contributed by atoms with Crippen LogP contribution in [0.3, 0.4) is 0 Å². The Bertz CT molecular complexity index is 1140. The van der Waals surface area contributed by atoms with Gasteiger partial charge in [-0.15, -0.1) is 0 Å². The van der Waals surface area contributed by atoms with Gasteiger partial charge in [0.1, 0.15) is 23.2 Å². The van der Waals surface area contributed by atoms with Gasteiger partial charge in [-0.1, -0.05) is 19.3 Å². The lowest BCUT2D eigenvalue weighted by molar-refractivity contribution is 0.361. The van der Waals surface area contributed by atoms with E-state index >= 15 is 0 Å². The minimum Gasteiger partial charge on any atom is -0.368 e. The number of fused-ring (bicyclic) bond motifs is 1. The fourth-order valence-corrected chi connectivity index (χ4v) is 5.09. The van der Waals surface area contributed by atoms with Crippen LogP contribution < -0.4 is 10.6 Å². The van der Waals surface area contributed by atoms with Gasteiger partial charge in [-0.05, 0) is 49.9 Å². The van der Waals surface area contributed by atoms with E-state index in [-0.39, 0.29) is 11.6 Å². The van der Waals surface area contributed by atoms with Crippen molar-refractivity contribution in [3.05, 3.63) is 41.8 Å². The Hall–Kier alpha value is -2.98. The highest BCUT2D eigenvalue weighted by molar-refractivity contribution is 5.89. The van der Waals surface area contributed by atoms with Crippen LogP contribution in [0.5, 0.6) is 0 Å². The molecular weight excluding hydrogens is 391 g/mol. The number of hydrogen-bond donors (Lipinski definition) is 1. The molecule has 0 bridgehead atoms. The number of halogens is 1. The Morgan fingerprint density at radius 1 is 1.10 bits per heavy atom. The highest BCUT2D eigenvalue weighted by atomic mass is 19.1. The Morgan fingerprint density at radius 2 is 1.94 bits per heavy atom. The van der Waals surface area contributed by atoms with Crippen molar-refractivity contribution in [1.29, 1.82) is 5.26 Å². The maximum Gasteiger partial charge on any atom is 0.162 e. The number of imidazole rings is 1. The topological polar surface area (TPSA) is 83.8 Å². The standard InChI is InChI=1S/C24H27FN6/c25-20-13-16(8-9-17(20)14-26)23-29-22-21(30-12-4-5-18(27)15-30)10-11-28-24(22)31(23)19-6-2-1-3-7-19/h8-11,13,18-19H,1-7,12,15,27H2. The molecule has 2 aliphatic rings. The summed E-state index contributed by atoms with van der Waals surface area (Å²) < 4.78 is 16.7. The lowest BCUT2D eigenvalue weighted by atomic mass is 9.95. The summed E-state index contributed by atoms with van der Waals surface area (Å²) in [6.45, 7) is 1.75. The zero-order chi connectivity index (χ0) is 21.4. The molecule has 1 saturated heterocycles. The number of hydrogen-bond acceptors (Lipinski definition) is 5. The maximum atomic E-state index is 14.5.